The van der Waals surface area contributed by atoms with Crippen LogP contribution in [0.1, 0.15) is 19.8 Å². The summed E-state index contributed by atoms with van der Waals surface area (Å²) in [6.45, 7) is 3.66. The largest absolute Gasteiger partial charge is 0.389 e. The van der Waals surface area contributed by atoms with Crippen molar-refractivity contribution in [3.8, 4) is 0 Å². The van der Waals surface area contributed by atoms with E-state index in [0.717, 1.165) is 23.3 Å². The number of aromatic nitrogens is 2. The van der Waals surface area contributed by atoms with Gasteiger partial charge in [0, 0.05) is 13.2 Å². The fourth-order valence-electron chi connectivity index (χ4n) is 1.59. The molecule has 0 radical (unpaired) electrons. The van der Waals surface area contributed by atoms with E-state index in [1.165, 1.54) is 12.8 Å². The Morgan fingerprint density at radius 1 is 1.53 bits per heavy atom. The highest BCUT2D eigenvalue weighted by Crippen LogP contribution is 2.28. The molecule has 1 unspecified atom stereocenters. The smallest absolute Gasteiger partial charge is 0.145 e. The van der Waals surface area contributed by atoms with Gasteiger partial charge in [0.05, 0.1) is 25.1 Å². The minimum Gasteiger partial charge on any atom is -0.389 e. The first-order valence-electron chi connectivity index (χ1n) is 6.72. The molecule has 1 aliphatic carbocycles. The molecule has 5 nitrogen and oxygen atoms in total. The molecule has 1 heterocycles. The monoisotopic (exact) mass is 283 g/mol. The number of thioether (sulfide) groups is 1. The van der Waals surface area contributed by atoms with Gasteiger partial charge in [-0.1, -0.05) is 6.92 Å². The first kappa shape index (κ1) is 14.6. The van der Waals surface area contributed by atoms with Crippen molar-refractivity contribution in [1.82, 2.24) is 9.97 Å². The minimum absolute atomic E-state index is 0.375. The Kier molecular flexibility index (Phi) is 5.88. The maximum Gasteiger partial charge on any atom is 0.145 e. The third kappa shape index (κ3) is 5.76. The molecule has 2 rings (SSSR count). The van der Waals surface area contributed by atoms with Crippen LogP contribution in [-0.4, -0.2) is 46.7 Å². The molecule has 2 N–H and O–H groups in total. The molecular formula is C13H21N3O2S. The number of hydrogen-bond donors (Lipinski definition) is 2. The predicted octanol–water partition coefficient (Wildman–Crippen LogP) is 1.79. The van der Waals surface area contributed by atoms with Crippen LogP contribution in [0, 0.1) is 5.92 Å². The third-order valence-electron chi connectivity index (χ3n) is 2.78. The van der Waals surface area contributed by atoms with Crippen LogP contribution in [0.3, 0.4) is 0 Å². The number of hydrogen-bond acceptors (Lipinski definition) is 6. The van der Waals surface area contributed by atoms with Gasteiger partial charge in [0.2, 0.25) is 0 Å². The standard InChI is InChI=1S/C13H21N3O2S/c1-2-19-13-7-14-6-12(16-13)15-5-11(17)9-18-8-10-3-4-10/h6-7,10-11,17H,2-5,8-9H2,1H3,(H,15,16). The van der Waals surface area contributed by atoms with Crippen LogP contribution in [0.15, 0.2) is 17.4 Å². The molecule has 1 aliphatic rings. The van der Waals surface area contributed by atoms with Gasteiger partial charge in [0.25, 0.3) is 0 Å². The second kappa shape index (κ2) is 7.67. The lowest BCUT2D eigenvalue weighted by molar-refractivity contribution is 0.0385. The summed E-state index contributed by atoms with van der Waals surface area (Å²) in [5.74, 6) is 2.39. The Bertz CT molecular complexity index is 388. The van der Waals surface area contributed by atoms with Gasteiger partial charge in [-0.05, 0) is 24.5 Å². The molecule has 1 fully saturated rings. The maximum atomic E-state index is 9.78. The summed E-state index contributed by atoms with van der Waals surface area (Å²) in [7, 11) is 0. The number of ether oxygens (including phenoxy) is 1. The molecule has 0 aromatic carbocycles. The number of rotatable bonds is 9. The van der Waals surface area contributed by atoms with Crippen LogP contribution in [-0.2, 0) is 4.74 Å². The van der Waals surface area contributed by atoms with Crippen molar-refractivity contribution in [2.24, 2.45) is 5.92 Å². The van der Waals surface area contributed by atoms with Crippen molar-refractivity contribution >= 4 is 17.6 Å². The van der Waals surface area contributed by atoms with E-state index in [4.69, 9.17) is 4.74 Å². The van der Waals surface area contributed by atoms with Crippen molar-refractivity contribution in [3.63, 3.8) is 0 Å². The topological polar surface area (TPSA) is 67.3 Å². The lowest BCUT2D eigenvalue weighted by Crippen LogP contribution is -2.25. The molecule has 1 saturated carbocycles. The van der Waals surface area contributed by atoms with E-state index in [-0.39, 0.29) is 0 Å². The van der Waals surface area contributed by atoms with E-state index in [0.29, 0.717) is 19.0 Å². The van der Waals surface area contributed by atoms with Gasteiger partial charge in [-0.25, -0.2) is 4.98 Å². The molecule has 6 heteroatoms. The fraction of sp³-hybridized carbons (Fsp3) is 0.692. The molecule has 0 bridgehead atoms. The summed E-state index contributed by atoms with van der Waals surface area (Å²) in [4.78, 5) is 8.51. The van der Waals surface area contributed by atoms with Crippen molar-refractivity contribution in [1.29, 1.82) is 0 Å². The van der Waals surface area contributed by atoms with Gasteiger partial charge in [-0.3, -0.25) is 4.98 Å². The zero-order valence-corrected chi connectivity index (χ0v) is 12.0. The fourth-order valence-corrected chi connectivity index (χ4v) is 2.18. The van der Waals surface area contributed by atoms with Gasteiger partial charge in [0.15, 0.2) is 0 Å². The molecule has 0 saturated heterocycles. The van der Waals surface area contributed by atoms with Crippen LogP contribution in [0.5, 0.6) is 0 Å². The molecule has 19 heavy (non-hydrogen) atoms. The summed E-state index contributed by atoms with van der Waals surface area (Å²) in [5.41, 5.74) is 0. The Morgan fingerprint density at radius 3 is 3.11 bits per heavy atom. The van der Waals surface area contributed by atoms with Gasteiger partial charge >= 0.3 is 0 Å². The average molecular weight is 283 g/mol. The molecule has 0 aliphatic heterocycles. The summed E-state index contributed by atoms with van der Waals surface area (Å²) in [5, 5.41) is 13.8. The van der Waals surface area contributed by atoms with E-state index in [9.17, 15) is 5.11 Å². The lowest BCUT2D eigenvalue weighted by atomic mass is 10.3. The van der Waals surface area contributed by atoms with Crippen LogP contribution < -0.4 is 5.32 Å². The lowest BCUT2D eigenvalue weighted by Gasteiger charge is -2.12. The average Bonchev–Trinajstić information content (AvgIpc) is 3.21. The number of nitrogens with zero attached hydrogens (tertiary/aromatic N) is 2. The van der Waals surface area contributed by atoms with Crippen molar-refractivity contribution in [2.45, 2.75) is 30.9 Å². The summed E-state index contributed by atoms with van der Waals surface area (Å²) in [6.07, 6.45) is 5.44. The van der Waals surface area contributed by atoms with Crippen molar-refractivity contribution in [2.75, 3.05) is 30.8 Å². The first-order chi connectivity index (χ1) is 9.28. The molecule has 0 spiro atoms. The highest BCUT2D eigenvalue weighted by molar-refractivity contribution is 7.99. The quantitative estimate of drug-likeness (QED) is 0.674. The van der Waals surface area contributed by atoms with Crippen LogP contribution in [0.2, 0.25) is 0 Å². The number of nitrogens with one attached hydrogen (secondary N) is 1. The predicted molar refractivity (Wildman–Crippen MR) is 76.5 cm³/mol. The molecular weight excluding hydrogens is 262 g/mol. The molecule has 0 amide bonds. The van der Waals surface area contributed by atoms with E-state index >= 15 is 0 Å². The molecule has 1 aromatic heterocycles. The first-order valence-corrected chi connectivity index (χ1v) is 7.71. The summed E-state index contributed by atoms with van der Waals surface area (Å²) < 4.78 is 5.44. The van der Waals surface area contributed by atoms with E-state index in [2.05, 4.69) is 22.2 Å². The Labute approximate surface area is 118 Å². The second-order valence-corrected chi connectivity index (χ2v) is 5.98. The maximum absolute atomic E-state index is 9.78. The van der Waals surface area contributed by atoms with Gasteiger partial charge < -0.3 is 15.2 Å². The SMILES string of the molecule is CCSc1cncc(NCC(O)COCC2CC2)n1. The van der Waals surface area contributed by atoms with Crippen molar-refractivity contribution < 1.29 is 9.84 Å². The number of aliphatic hydroxyl groups is 1. The van der Waals surface area contributed by atoms with Gasteiger partial charge in [-0.15, -0.1) is 11.8 Å². The minimum atomic E-state index is -0.511. The normalized spacial score (nSPS) is 16.3. The summed E-state index contributed by atoms with van der Waals surface area (Å²) in [6, 6.07) is 0. The van der Waals surface area contributed by atoms with Crippen LogP contribution in [0.25, 0.3) is 0 Å². The highest BCUT2D eigenvalue weighted by Gasteiger charge is 2.21. The summed E-state index contributed by atoms with van der Waals surface area (Å²) >= 11 is 1.65. The highest BCUT2D eigenvalue weighted by atomic mass is 32.2. The second-order valence-electron chi connectivity index (χ2n) is 4.69. The molecule has 106 valence electrons. The number of anilines is 1. The Hall–Kier alpha value is -0.850. The van der Waals surface area contributed by atoms with Gasteiger partial charge in [0.1, 0.15) is 10.8 Å². The zero-order chi connectivity index (χ0) is 13.5. The Balaban J connectivity index is 1.66. The number of aliphatic hydroxyl groups excluding tert-OH is 1. The van der Waals surface area contributed by atoms with E-state index in [1.54, 1.807) is 24.2 Å². The third-order valence-corrected chi connectivity index (χ3v) is 3.57. The molecule has 1 atom stereocenters. The van der Waals surface area contributed by atoms with Gasteiger partial charge in [-0.2, -0.15) is 0 Å². The van der Waals surface area contributed by atoms with E-state index < -0.39 is 6.10 Å². The van der Waals surface area contributed by atoms with E-state index in [1.807, 2.05) is 0 Å². The van der Waals surface area contributed by atoms with Crippen LogP contribution >= 0.6 is 11.8 Å². The van der Waals surface area contributed by atoms with Crippen molar-refractivity contribution in [3.05, 3.63) is 12.4 Å². The van der Waals surface area contributed by atoms with Crippen LogP contribution in [0.4, 0.5) is 5.82 Å². The Morgan fingerprint density at radius 2 is 2.37 bits per heavy atom. The molecule has 1 aromatic rings. The zero-order valence-electron chi connectivity index (χ0n) is 11.2.